The van der Waals surface area contributed by atoms with Gasteiger partial charge in [-0.2, -0.15) is 4.58 Å². The zero-order chi connectivity index (χ0) is 31.1. The van der Waals surface area contributed by atoms with Gasteiger partial charge in [0.25, 0.3) is 0 Å². The lowest BCUT2D eigenvalue weighted by Gasteiger charge is -2.28. The van der Waals surface area contributed by atoms with Crippen LogP contribution in [0.3, 0.4) is 0 Å². The van der Waals surface area contributed by atoms with Gasteiger partial charge >= 0.3 is 0 Å². The van der Waals surface area contributed by atoms with Crippen molar-refractivity contribution in [2.75, 3.05) is 18.5 Å². The zero-order valence-electron chi connectivity index (χ0n) is 27.6. The van der Waals surface area contributed by atoms with E-state index in [1.165, 1.54) is 68.3 Å². The van der Waals surface area contributed by atoms with E-state index >= 15 is 0 Å². The van der Waals surface area contributed by atoms with Gasteiger partial charge in [-0.25, -0.2) is 0 Å². The first-order chi connectivity index (χ1) is 21.2. The van der Waals surface area contributed by atoms with Crippen molar-refractivity contribution in [3.8, 4) is 0 Å². The second-order valence-electron chi connectivity index (χ2n) is 13.7. The highest BCUT2D eigenvalue weighted by Crippen LogP contribution is 2.51. The molecule has 2 heteroatoms. The van der Waals surface area contributed by atoms with E-state index in [9.17, 15) is 0 Å². The van der Waals surface area contributed by atoms with E-state index < -0.39 is 0 Å². The van der Waals surface area contributed by atoms with Gasteiger partial charge in [-0.1, -0.05) is 125 Å². The molecule has 4 aromatic rings. The van der Waals surface area contributed by atoms with Crippen molar-refractivity contribution in [3.05, 3.63) is 132 Å². The van der Waals surface area contributed by atoms with Crippen molar-refractivity contribution in [1.82, 2.24) is 0 Å². The van der Waals surface area contributed by atoms with Crippen molar-refractivity contribution in [1.29, 1.82) is 0 Å². The van der Waals surface area contributed by atoms with E-state index in [2.05, 4.69) is 173 Å². The Kier molecular flexibility index (Phi) is 7.97. The van der Waals surface area contributed by atoms with Crippen LogP contribution in [0.15, 0.2) is 121 Å². The molecule has 2 heterocycles. The number of anilines is 1. The van der Waals surface area contributed by atoms with Crippen LogP contribution in [0.5, 0.6) is 0 Å². The fourth-order valence-electron chi connectivity index (χ4n) is 7.43. The Labute approximate surface area is 264 Å². The molecule has 0 saturated carbocycles. The molecule has 0 aromatic heterocycles. The molecule has 0 radical (unpaired) electrons. The first-order valence-electron chi connectivity index (χ1n) is 16.3. The SMILES string of the molecule is CCC(C)CCN1/C(=C/C=C/C=C/C=C/C2=[N+](C)c3c(ccc4ccccc34)C2(C)C)C(C)(C)c2c1ccc1ccccc21. The molecule has 0 spiro atoms. The molecular formula is C42H47N2+. The maximum Gasteiger partial charge on any atom is 0.217 e. The van der Waals surface area contributed by atoms with E-state index in [1.807, 2.05) is 0 Å². The van der Waals surface area contributed by atoms with Gasteiger partial charge in [0.1, 0.15) is 7.05 Å². The molecule has 0 fully saturated rings. The summed E-state index contributed by atoms with van der Waals surface area (Å²) >= 11 is 0. The minimum absolute atomic E-state index is 0.0509. The molecule has 0 N–H and O–H groups in total. The molecule has 224 valence electrons. The Morgan fingerprint density at radius 2 is 1.39 bits per heavy atom. The zero-order valence-corrected chi connectivity index (χ0v) is 27.6. The molecule has 2 aliphatic rings. The fraction of sp³-hybridized carbons (Fsp3) is 0.310. The van der Waals surface area contributed by atoms with Gasteiger partial charge in [0.15, 0.2) is 5.71 Å². The van der Waals surface area contributed by atoms with Crippen LogP contribution in [0.1, 0.15) is 65.5 Å². The maximum atomic E-state index is 2.58. The third kappa shape index (κ3) is 5.05. The Hall–Kier alpha value is -4.17. The fourth-order valence-corrected chi connectivity index (χ4v) is 7.43. The van der Waals surface area contributed by atoms with Gasteiger partial charge in [-0.3, -0.25) is 0 Å². The standard InChI is InChI=1S/C42H47N2/c1-8-30(2)28-29-44-36-27-25-31-18-14-16-20-33(31)39(36)42(5,6)38(44)23-13-11-9-10-12-22-37-41(3,4)35-26-24-32-19-15-17-21-34(32)40(35)43(37)7/h9-27,30H,8,28-29H2,1-7H3/q+1. The largest absolute Gasteiger partial charge is 0.344 e. The average molecular weight is 580 g/mol. The number of nitrogens with zero attached hydrogens (tertiary/aromatic N) is 2. The van der Waals surface area contributed by atoms with E-state index in [4.69, 9.17) is 0 Å². The molecular weight excluding hydrogens is 532 g/mol. The molecule has 6 rings (SSSR count). The summed E-state index contributed by atoms with van der Waals surface area (Å²) in [6, 6.07) is 26.7. The van der Waals surface area contributed by atoms with E-state index in [1.54, 1.807) is 0 Å². The van der Waals surface area contributed by atoms with Crippen molar-refractivity contribution in [3.63, 3.8) is 0 Å². The highest BCUT2D eigenvalue weighted by molar-refractivity contribution is 6.07. The second-order valence-corrected chi connectivity index (χ2v) is 13.7. The van der Waals surface area contributed by atoms with Gasteiger partial charge in [0.05, 0.1) is 10.8 Å². The predicted octanol–water partition coefficient (Wildman–Crippen LogP) is 10.8. The van der Waals surface area contributed by atoms with Gasteiger partial charge in [-0.05, 0) is 66.1 Å². The highest BCUT2D eigenvalue weighted by Gasteiger charge is 2.44. The number of allylic oxidation sites excluding steroid dienone is 8. The normalized spacial score (nSPS) is 19.0. The summed E-state index contributed by atoms with van der Waals surface area (Å²) in [7, 11) is 2.20. The first kappa shape index (κ1) is 29.9. The molecule has 0 saturated heterocycles. The molecule has 1 unspecified atom stereocenters. The van der Waals surface area contributed by atoms with Crippen molar-refractivity contribution in [2.24, 2.45) is 5.92 Å². The summed E-state index contributed by atoms with van der Waals surface area (Å²) in [6.07, 6.45) is 17.9. The molecule has 2 nitrogen and oxygen atoms in total. The van der Waals surface area contributed by atoms with E-state index in [0.29, 0.717) is 5.92 Å². The third-order valence-corrected chi connectivity index (χ3v) is 10.2. The summed E-state index contributed by atoms with van der Waals surface area (Å²) in [6.45, 7) is 15.1. The van der Waals surface area contributed by atoms with E-state index in [0.717, 1.165) is 6.54 Å². The third-order valence-electron chi connectivity index (χ3n) is 10.2. The van der Waals surface area contributed by atoms with Crippen molar-refractivity contribution in [2.45, 2.75) is 65.2 Å². The number of fused-ring (bicyclic) bond motifs is 6. The smallest absolute Gasteiger partial charge is 0.217 e. The summed E-state index contributed by atoms with van der Waals surface area (Å²) in [5, 5.41) is 5.29. The summed E-state index contributed by atoms with van der Waals surface area (Å²) in [5.41, 5.74) is 8.10. The molecule has 0 aliphatic carbocycles. The van der Waals surface area contributed by atoms with Gasteiger partial charge in [0.2, 0.25) is 5.69 Å². The quantitative estimate of drug-likeness (QED) is 0.149. The van der Waals surface area contributed by atoms with Crippen LogP contribution < -0.4 is 4.90 Å². The van der Waals surface area contributed by atoms with Crippen LogP contribution >= 0.6 is 0 Å². The summed E-state index contributed by atoms with van der Waals surface area (Å²) < 4.78 is 2.37. The first-order valence-corrected chi connectivity index (χ1v) is 16.3. The number of hydrogen-bond donors (Lipinski definition) is 0. The summed E-state index contributed by atoms with van der Waals surface area (Å²) in [5.74, 6) is 0.711. The van der Waals surface area contributed by atoms with Crippen LogP contribution in [0.4, 0.5) is 11.4 Å². The summed E-state index contributed by atoms with van der Waals surface area (Å²) in [4.78, 5) is 2.58. The maximum absolute atomic E-state index is 2.58. The molecule has 44 heavy (non-hydrogen) atoms. The molecule has 1 atom stereocenters. The lowest BCUT2D eigenvalue weighted by molar-refractivity contribution is -0.399. The highest BCUT2D eigenvalue weighted by atomic mass is 15.2. The molecule has 2 aliphatic heterocycles. The van der Waals surface area contributed by atoms with Crippen LogP contribution in [0.25, 0.3) is 21.5 Å². The minimum atomic E-state index is -0.0753. The van der Waals surface area contributed by atoms with Crippen LogP contribution in [0, 0.1) is 5.92 Å². The second kappa shape index (κ2) is 11.7. The minimum Gasteiger partial charge on any atom is -0.344 e. The van der Waals surface area contributed by atoms with Crippen LogP contribution in [-0.4, -0.2) is 23.9 Å². The molecule has 0 amide bonds. The Balaban J connectivity index is 1.25. The Morgan fingerprint density at radius 1 is 0.750 bits per heavy atom. The average Bonchev–Trinajstić information content (AvgIpc) is 3.37. The van der Waals surface area contributed by atoms with Gasteiger partial charge < -0.3 is 4.90 Å². The van der Waals surface area contributed by atoms with Gasteiger partial charge in [0, 0.05) is 35.0 Å². The van der Waals surface area contributed by atoms with Crippen LogP contribution in [0.2, 0.25) is 0 Å². The topological polar surface area (TPSA) is 6.25 Å². The van der Waals surface area contributed by atoms with Crippen molar-refractivity contribution < 1.29 is 4.58 Å². The number of rotatable bonds is 8. The lowest BCUT2D eigenvalue weighted by Crippen LogP contribution is -2.27. The van der Waals surface area contributed by atoms with E-state index in [-0.39, 0.29) is 10.8 Å². The van der Waals surface area contributed by atoms with Crippen molar-refractivity contribution >= 4 is 38.6 Å². The number of benzene rings is 4. The molecule has 0 bridgehead atoms. The Bertz CT molecular complexity index is 1870. The molecule has 4 aromatic carbocycles. The monoisotopic (exact) mass is 579 g/mol. The number of hydrogen-bond acceptors (Lipinski definition) is 1. The van der Waals surface area contributed by atoms with Crippen LogP contribution in [-0.2, 0) is 10.8 Å². The Morgan fingerprint density at radius 3 is 2.14 bits per heavy atom. The lowest BCUT2D eigenvalue weighted by atomic mass is 9.80. The predicted molar refractivity (Wildman–Crippen MR) is 192 cm³/mol. The van der Waals surface area contributed by atoms with Gasteiger partial charge in [-0.15, -0.1) is 0 Å².